The lowest BCUT2D eigenvalue weighted by atomic mass is 10.0. The Labute approximate surface area is 124 Å². The van der Waals surface area contributed by atoms with Gasteiger partial charge in [-0.1, -0.05) is 26.0 Å². The fourth-order valence-electron chi connectivity index (χ4n) is 1.67. The third-order valence-electron chi connectivity index (χ3n) is 2.85. The minimum Gasteiger partial charge on any atom is -0.484 e. The van der Waals surface area contributed by atoms with Crippen LogP contribution in [0.5, 0.6) is 5.75 Å². The standard InChI is InChI=1S/C16H19NO4/c1-4-6-14(16(19)20)17-15(18)10-21-13-8-5-7-12(9-13)11(2)3/h1,5,7-9,11,14H,6,10H2,2-3H3,(H,17,18)(H,19,20). The van der Waals surface area contributed by atoms with Crippen LogP contribution in [0.15, 0.2) is 24.3 Å². The molecule has 1 aromatic carbocycles. The Hall–Kier alpha value is -2.48. The summed E-state index contributed by atoms with van der Waals surface area (Å²) in [6.07, 6.45) is 4.99. The predicted octanol–water partition coefficient (Wildman–Crippen LogP) is 1.78. The van der Waals surface area contributed by atoms with Crippen molar-refractivity contribution in [3.63, 3.8) is 0 Å². The van der Waals surface area contributed by atoms with Gasteiger partial charge in [0.25, 0.3) is 5.91 Å². The van der Waals surface area contributed by atoms with E-state index in [1.165, 1.54) is 0 Å². The molecule has 0 aliphatic carbocycles. The van der Waals surface area contributed by atoms with Gasteiger partial charge in [0.05, 0.1) is 0 Å². The van der Waals surface area contributed by atoms with E-state index in [1.807, 2.05) is 18.2 Å². The number of carbonyl (C=O) groups excluding carboxylic acids is 1. The lowest BCUT2D eigenvalue weighted by Crippen LogP contribution is -2.42. The maximum atomic E-state index is 11.7. The topological polar surface area (TPSA) is 75.6 Å². The van der Waals surface area contributed by atoms with Gasteiger partial charge in [0.15, 0.2) is 6.61 Å². The Balaban J connectivity index is 2.55. The normalized spacial score (nSPS) is 11.5. The average molecular weight is 289 g/mol. The molecule has 0 fully saturated rings. The van der Waals surface area contributed by atoms with Gasteiger partial charge in [0.2, 0.25) is 0 Å². The van der Waals surface area contributed by atoms with Crippen LogP contribution in [-0.4, -0.2) is 29.6 Å². The molecule has 21 heavy (non-hydrogen) atoms. The van der Waals surface area contributed by atoms with Gasteiger partial charge in [-0.25, -0.2) is 4.79 Å². The zero-order valence-electron chi connectivity index (χ0n) is 12.1. The van der Waals surface area contributed by atoms with Crippen molar-refractivity contribution in [2.75, 3.05) is 6.61 Å². The van der Waals surface area contributed by atoms with E-state index in [2.05, 4.69) is 25.1 Å². The second kappa shape index (κ2) is 7.95. The Bertz CT molecular complexity index is 545. The van der Waals surface area contributed by atoms with Gasteiger partial charge < -0.3 is 15.2 Å². The van der Waals surface area contributed by atoms with Crippen LogP contribution in [0.3, 0.4) is 0 Å². The number of benzene rings is 1. The van der Waals surface area contributed by atoms with E-state index < -0.39 is 17.9 Å². The summed E-state index contributed by atoms with van der Waals surface area (Å²) in [6.45, 7) is 3.86. The number of hydrogen-bond donors (Lipinski definition) is 2. The van der Waals surface area contributed by atoms with E-state index in [4.69, 9.17) is 16.3 Å². The summed E-state index contributed by atoms with van der Waals surface area (Å²) in [6, 6.07) is 6.34. The number of amides is 1. The maximum Gasteiger partial charge on any atom is 0.327 e. The molecule has 1 unspecified atom stereocenters. The van der Waals surface area contributed by atoms with Gasteiger partial charge in [0, 0.05) is 6.42 Å². The Morgan fingerprint density at radius 3 is 2.71 bits per heavy atom. The number of carbonyl (C=O) groups is 2. The van der Waals surface area contributed by atoms with Gasteiger partial charge in [-0.2, -0.15) is 0 Å². The number of carboxylic acids is 1. The molecular weight excluding hydrogens is 270 g/mol. The van der Waals surface area contributed by atoms with E-state index >= 15 is 0 Å². The van der Waals surface area contributed by atoms with Crippen LogP contribution in [-0.2, 0) is 9.59 Å². The molecule has 0 spiro atoms. The number of rotatable bonds is 7. The van der Waals surface area contributed by atoms with E-state index in [0.717, 1.165) is 5.56 Å². The number of terminal acetylenes is 1. The molecule has 1 rings (SSSR count). The SMILES string of the molecule is C#CCC(NC(=O)COc1cccc(C(C)C)c1)C(=O)O. The molecule has 1 aromatic rings. The van der Waals surface area contributed by atoms with Crippen molar-refractivity contribution in [2.45, 2.75) is 32.2 Å². The molecule has 2 N–H and O–H groups in total. The Kier molecular flexibility index (Phi) is 6.28. The lowest BCUT2D eigenvalue weighted by molar-refractivity contribution is -0.141. The molecule has 1 atom stereocenters. The summed E-state index contributed by atoms with van der Waals surface area (Å²) in [5.41, 5.74) is 1.10. The van der Waals surface area contributed by atoms with Crippen molar-refractivity contribution in [2.24, 2.45) is 0 Å². The van der Waals surface area contributed by atoms with Gasteiger partial charge in [-0.15, -0.1) is 12.3 Å². The third kappa shape index (κ3) is 5.57. The molecule has 112 valence electrons. The van der Waals surface area contributed by atoms with E-state index in [0.29, 0.717) is 11.7 Å². The van der Waals surface area contributed by atoms with E-state index in [1.54, 1.807) is 6.07 Å². The highest BCUT2D eigenvalue weighted by molar-refractivity contribution is 5.84. The molecule has 0 bridgehead atoms. The summed E-state index contributed by atoms with van der Waals surface area (Å²) in [5.74, 6) is 1.45. The molecule has 0 aromatic heterocycles. The molecule has 0 radical (unpaired) electrons. The van der Waals surface area contributed by atoms with Crippen molar-refractivity contribution >= 4 is 11.9 Å². The van der Waals surface area contributed by atoms with Crippen molar-refractivity contribution in [3.05, 3.63) is 29.8 Å². The van der Waals surface area contributed by atoms with Gasteiger partial charge >= 0.3 is 5.97 Å². The molecule has 0 saturated heterocycles. The molecule has 5 heteroatoms. The summed E-state index contributed by atoms with van der Waals surface area (Å²) < 4.78 is 5.36. The molecule has 0 saturated carbocycles. The maximum absolute atomic E-state index is 11.7. The number of carboxylic acid groups (broad SMARTS) is 1. The smallest absolute Gasteiger partial charge is 0.327 e. The van der Waals surface area contributed by atoms with Crippen molar-refractivity contribution in [1.82, 2.24) is 5.32 Å². The van der Waals surface area contributed by atoms with Crippen LogP contribution >= 0.6 is 0 Å². The third-order valence-corrected chi connectivity index (χ3v) is 2.85. The second-order valence-electron chi connectivity index (χ2n) is 4.88. The quantitative estimate of drug-likeness (QED) is 0.750. The highest BCUT2D eigenvalue weighted by Gasteiger charge is 2.18. The predicted molar refractivity (Wildman–Crippen MR) is 79.0 cm³/mol. The molecule has 0 heterocycles. The van der Waals surface area contributed by atoms with Gasteiger partial charge in [-0.3, -0.25) is 4.79 Å². The van der Waals surface area contributed by atoms with Crippen LogP contribution < -0.4 is 10.1 Å². The first-order valence-corrected chi connectivity index (χ1v) is 6.62. The molecule has 1 amide bonds. The van der Waals surface area contributed by atoms with E-state index in [9.17, 15) is 9.59 Å². The molecule has 5 nitrogen and oxygen atoms in total. The number of aliphatic carboxylic acids is 1. The summed E-state index contributed by atoms with van der Waals surface area (Å²) in [4.78, 5) is 22.5. The zero-order valence-corrected chi connectivity index (χ0v) is 12.1. The monoisotopic (exact) mass is 289 g/mol. The summed E-state index contributed by atoms with van der Waals surface area (Å²) in [5, 5.41) is 11.2. The summed E-state index contributed by atoms with van der Waals surface area (Å²) in [7, 11) is 0. The Morgan fingerprint density at radius 1 is 1.43 bits per heavy atom. The largest absolute Gasteiger partial charge is 0.484 e. The molecule has 0 aliphatic rings. The first-order valence-electron chi connectivity index (χ1n) is 6.62. The molecular formula is C16H19NO4. The van der Waals surface area contributed by atoms with E-state index in [-0.39, 0.29) is 13.0 Å². The number of hydrogen-bond acceptors (Lipinski definition) is 3. The Morgan fingerprint density at radius 2 is 2.14 bits per heavy atom. The second-order valence-corrected chi connectivity index (χ2v) is 4.88. The highest BCUT2D eigenvalue weighted by atomic mass is 16.5. The fraction of sp³-hybridized carbons (Fsp3) is 0.375. The van der Waals surface area contributed by atoms with Crippen molar-refractivity contribution in [3.8, 4) is 18.1 Å². The van der Waals surface area contributed by atoms with Crippen LogP contribution in [0.4, 0.5) is 0 Å². The number of nitrogens with one attached hydrogen (secondary N) is 1. The number of ether oxygens (including phenoxy) is 1. The zero-order chi connectivity index (χ0) is 15.8. The average Bonchev–Trinajstić information content (AvgIpc) is 2.45. The van der Waals surface area contributed by atoms with Crippen molar-refractivity contribution < 1.29 is 19.4 Å². The minimum absolute atomic E-state index is 0.0656. The lowest BCUT2D eigenvalue weighted by Gasteiger charge is -2.13. The highest BCUT2D eigenvalue weighted by Crippen LogP contribution is 2.19. The molecule has 0 aliphatic heterocycles. The minimum atomic E-state index is -1.16. The fourth-order valence-corrected chi connectivity index (χ4v) is 1.67. The first kappa shape index (κ1) is 16.6. The van der Waals surface area contributed by atoms with Crippen molar-refractivity contribution in [1.29, 1.82) is 0 Å². The summed E-state index contributed by atoms with van der Waals surface area (Å²) >= 11 is 0. The van der Waals surface area contributed by atoms with Crippen LogP contribution in [0, 0.1) is 12.3 Å². The van der Waals surface area contributed by atoms with Crippen LogP contribution in [0.1, 0.15) is 31.7 Å². The van der Waals surface area contributed by atoms with Crippen LogP contribution in [0.25, 0.3) is 0 Å². The van der Waals surface area contributed by atoms with Crippen LogP contribution in [0.2, 0.25) is 0 Å². The van der Waals surface area contributed by atoms with Gasteiger partial charge in [-0.05, 0) is 23.6 Å². The first-order chi connectivity index (χ1) is 9.93. The van der Waals surface area contributed by atoms with Gasteiger partial charge in [0.1, 0.15) is 11.8 Å².